The lowest BCUT2D eigenvalue weighted by molar-refractivity contribution is 0.957. The predicted molar refractivity (Wildman–Crippen MR) is 53.4 cm³/mol. The van der Waals surface area contributed by atoms with Crippen molar-refractivity contribution in [2.24, 2.45) is 5.73 Å². The van der Waals surface area contributed by atoms with Gasteiger partial charge in [-0.3, -0.25) is 0 Å². The fraction of sp³-hybridized carbons (Fsp3) is 0.300. The highest BCUT2D eigenvalue weighted by Gasteiger charge is 2.03. The second-order valence-electron chi connectivity index (χ2n) is 3.05. The van der Waals surface area contributed by atoms with Crippen LogP contribution >= 0.6 is 0 Å². The molecule has 0 aliphatic carbocycles. The molecular formula is C10H13N3. The summed E-state index contributed by atoms with van der Waals surface area (Å²) in [6.45, 7) is 2.60. The number of hydrogen-bond donors (Lipinski definition) is 2. The van der Waals surface area contributed by atoms with Gasteiger partial charge in [-0.05, 0) is 18.1 Å². The van der Waals surface area contributed by atoms with Gasteiger partial charge in [-0.15, -0.1) is 0 Å². The van der Waals surface area contributed by atoms with E-state index in [0.717, 1.165) is 23.3 Å². The highest BCUT2D eigenvalue weighted by Crippen LogP contribution is 2.16. The number of nitrogens with one attached hydrogen (secondary N) is 1. The molecular weight excluding hydrogens is 162 g/mol. The van der Waals surface area contributed by atoms with Gasteiger partial charge < -0.3 is 10.7 Å². The number of aryl methyl sites for hydroxylation is 1. The quantitative estimate of drug-likeness (QED) is 0.728. The Labute approximate surface area is 77.0 Å². The molecule has 3 nitrogen and oxygen atoms in total. The van der Waals surface area contributed by atoms with Crippen LogP contribution in [0.25, 0.3) is 11.0 Å². The van der Waals surface area contributed by atoms with Crippen LogP contribution < -0.4 is 5.73 Å². The van der Waals surface area contributed by atoms with E-state index in [9.17, 15) is 0 Å². The van der Waals surface area contributed by atoms with Crippen molar-refractivity contribution in [1.82, 2.24) is 9.97 Å². The smallest absolute Gasteiger partial charge is 0.121 e. The molecule has 0 radical (unpaired) electrons. The first-order valence-electron chi connectivity index (χ1n) is 4.51. The van der Waals surface area contributed by atoms with Gasteiger partial charge in [0.15, 0.2) is 0 Å². The maximum absolute atomic E-state index is 5.51. The van der Waals surface area contributed by atoms with Crippen molar-refractivity contribution >= 4 is 11.0 Å². The third-order valence-corrected chi connectivity index (χ3v) is 2.22. The number of benzene rings is 1. The molecule has 0 saturated heterocycles. The van der Waals surface area contributed by atoms with E-state index in [-0.39, 0.29) is 0 Å². The molecule has 68 valence electrons. The minimum absolute atomic E-state index is 0.470. The van der Waals surface area contributed by atoms with Gasteiger partial charge in [0.05, 0.1) is 17.6 Å². The van der Waals surface area contributed by atoms with E-state index in [2.05, 4.69) is 23.0 Å². The molecule has 1 aromatic carbocycles. The van der Waals surface area contributed by atoms with E-state index in [0.29, 0.717) is 6.54 Å². The van der Waals surface area contributed by atoms with Gasteiger partial charge in [0, 0.05) is 0 Å². The zero-order valence-corrected chi connectivity index (χ0v) is 7.67. The van der Waals surface area contributed by atoms with Gasteiger partial charge in [0.1, 0.15) is 5.82 Å². The van der Waals surface area contributed by atoms with Crippen LogP contribution in [0.5, 0.6) is 0 Å². The molecule has 0 amide bonds. The lowest BCUT2D eigenvalue weighted by Crippen LogP contribution is -1.97. The highest BCUT2D eigenvalue weighted by molar-refractivity contribution is 5.78. The lowest BCUT2D eigenvalue weighted by Gasteiger charge is -1.95. The minimum atomic E-state index is 0.470. The summed E-state index contributed by atoms with van der Waals surface area (Å²) in [5.41, 5.74) is 8.93. The number of hydrogen-bond acceptors (Lipinski definition) is 2. The van der Waals surface area contributed by atoms with Crippen molar-refractivity contribution < 1.29 is 0 Å². The van der Waals surface area contributed by atoms with Crippen LogP contribution in [0, 0.1) is 0 Å². The molecule has 1 heterocycles. The Hall–Kier alpha value is -1.35. The largest absolute Gasteiger partial charge is 0.341 e. The molecule has 3 N–H and O–H groups in total. The number of nitrogens with two attached hydrogens (primary N) is 1. The summed E-state index contributed by atoms with van der Waals surface area (Å²) in [5, 5.41) is 0. The topological polar surface area (TPSA) is 54.7 Å². The van der Waals surface area contributed by atoms with Crippen LogP contribution in [0.3, 0.4) is 0 Å². The zero-order chi connectivity index (χ0) is 9.26. The second kappa shape index (κ2) is 3.18. The first kappa shape index (κ1) is 8.26. The fourth-order valence-corrected chi connectivity index (χ4v) is 1.52. The fourth-order valence-electron chi connectivity index (χ4n) is 1.52. The van der Waals surface area contributed by atoms with Gasteiger partial charge >= 0.3 is 0 Å². The van der Waals surface area contributed by atoms with Crippen LogP contribution in [0.1, 0.15) is 18.3 Å². The average molecular weight is 175 g/mol. The summed E-state index contributed by atoms with van der Waals surface area (Å²) in [6.07, 6.45) is 1.01. The van der Waals surface area contributed by atoms with Gasteiger partial charge in [-0.1, -0.05) is 19.1 Å². The number of aromatic amines is 1. The van der Waals surface area contributed by atoms with Gasteiger partial charge in [0.25, 0.3) is 0 Å². The zero-order valence-electron chi connectivity index (χ0n) is 7.67. The maximum atomic E-state index is 5.51. The first-order valence-corrected chi connectivity index (χ1v) is 4.51. The number of fused-ring (bicyclic) bond motifs is 1. The summed E-state index contributed by atoms with van der Waals surface area (Å²) in [4.78, 5) is 7.61. The van der Waals surface area contributed by atoms with Crippen LogP contribution in [-0.4, -0.2) is 9.97 Å². The number of rotatable bonds is 2. The van der Waals surface area contributed by atoms with Crippen LogP contribution in [-0.2, 0) is 13.0 Å². The maximum Gasteiger partial charge on any atom is 0.121 e. The molecule has 2 aromatic rings. The molecule has 0 fully saturated rings. The second-order valence-corrected chi connectivity index (χ2v) is 3.05. The molecule has 0 atom stereocenters. The van der Waals surface area contributed by atoms with Crippen molar-refractivity contribution in [3.05, 3.63) is 29.6 Å². The number of aromatic nitrogens is 2. The SMILES string of the molecule is CCc1cccc2[nH]c(CN)nc12. The third kappa shape index (κ3) is 1.31. The number of para-hydroxylation sites is 1. The van der Waals surface area contributed by atoms with E-state index in [4.69, 9.17) is 5.73 Å². The number of H-pyrrole nitrogens is 1. The molecule has 0 aliphatic heterocycles. The molecule has 0 bridgehead atoms. The van der Waals surface area contributed by atoms with E-state index < -0.39 is 0 Å². The van der Waals surface area contributed by atoms with E-state index in [1.165, 1.54) is 5.56 Å². The molecule has 0 saturated carbocycles. The summed E-state index contributed by atoms with van der Waals surface area (Å²) >= 11 is 0. The van der Waals surface area contributed by atoms with Crippen molar-refractivity contribution in [2.75, 3.05) is 0 Å². The Morgan fingerprint density at radius 2 is 2.31 bits per heavy atom. The third-order valence-electron chi connectivity index (χ3n) is 2.22. The Bertz CT molecular complexity index is 417. The molecule has 0 spiro atoms. The van der Waals surface area contributed by atoms with Gasteiger partial charge in [0.2, 0.25) is 0 Å². The summed E-state index contributed by atoms with van der Waals surface area (Å²) in [6, 6.07) is 6.17. The van der Waals surface area contributed by atoms with Gasteiger partial charge in [-0.25, -0.2) is 4.98 Å². The molecule has 2 rings (SSSR count). The van der Waals surface area contributed by atoms with Crippen LogP contribution in [0.15, 0.2) is 18.2 Å². The van der Waals surface area contributed by atoms with Crippen LogP contribution in [0.2, 0.25) is 0 Å². The number of imidazole rings is 1. The molecule has 0 aliphatic rings. The van der Waals surface area contributed by atoms with E-state index in [1.54, 1.807) is 0 Å². The Morgan fingerprint density at radius 3 is 3.00 bits per heavy atom. The molecule has 13 heavy (non-hydrogen) atoms. The highest BCUT2D eigenvalue weighted by atomic mass is 14.9. The summed E-state index contributed by atoms with van der Waals surface area (Å²) < 4.78 is 0. The van der Waals surface area contributed by atoms with Crippen LogP contribution in [0.4, 0.5) is 0 Å². The minimum Gasteiger partial charge on any atom is -0.341 e. The standard InChI is InChI=1S/C10H13N3/c1-2-7-4-3-5-8-10(7)13-9(6-11)12-8/h3-5H,2,6,11H2,1H3,(H,12,13). The molecule has 3 heteroatoms. The van der Waals surface area contributed by atoms with Crippen molar-refractivity contribution in [3.8, 4) is 0 Å². The summed E-state index contributed by atoms with van der Waals surface area (Å²) in [5.74, 6) is 0.857. The van der Waals surface area contributed by atoms with E-state index >= 15 is 0 Å². The van der Waals surface area contributed by atoms with E-state index in [1.807, 2.05) is 12.1 Å². The molecule has 0 unspecified atom stereocenters. The summed E-state index contributed by atoms with van der Waals surface area (Å²) in [7, 11) is 0. The van der Waals surface area contributed by atoms with Gasteiger partial charge in [-0.2, -0.15) is 0 Å². The number of nitrogens with zero attached hydrogens (tertiary/aromatic N) is 1. The molecule has 1 aromatic heterocycles. The van der Waals surface area contributed by atoms with Crippen molar-refractivity contribution in [1.29, 1.82) is 0 Å². The monoisotopic (exact) mass is 175 g/mol. The first-order chi connectivity index (χ1) is 6.35. The Morgan fingerprint density at radius 1 is 1.46 bits per heavy atom. The Kier molecular flexibility index (Phi) is 2.02. The Balaban J connectivity index is 2.67. The van der Waals surface area contributed by atoms with Crippen molar-refractivity contribution in [2.45, 2.75) is 19.9 Å². The average Bonchev–Trinajstić information content (AvgIpc) is 2.59. The normalized spacial score (nSPS) is 10.9. The van der Waals surface area contributed by atoms with Crippen molar-refractivity contribution in [3.63, 3.8) is 0 Å². The predicted octanol–water partition coefficient (Wildman–Crippen LogP) is 1.58. The lowest BCUT2D eigenvalue weighted by atomic mass is 10.1.